The van der Waals surface area contributed by atoms with Crippen molar-refractivity contribution >= 4 is 11.6 Å². The highest BCUT2D eigenvalue weighted by atomic mass is 19.4. The molecule has 0 aliphatic rings. The highest BCUT2D eigenvalue weighted by Crippen LogP contribution is 2.29. The molecule has 0 saturated carbocycles. The van der Waals surface area contributed by atoms with Crippen LogP contribution in [0.5, 0.6) is 0 Å². The van der Waals surface area contributed by atoms with Crippen LogP contribution in [0.15, 0.2) is 24.3 Å². The highest BCUT2D eigenvalue weighted by Gasteiger charge is 2.29. The number of amides is 1. The molecule has 0 spiro atoms. The maximum absolute atomic E-state index is 12.3. The molecule has 0 bridgehead atoms. The Morgan fingerprint density at radius 2 is 1.89 bits per heavy atom. The molecular formula is C12H15F3N2O. The Morgan fingerprint density at radius 1 is 1.33 bits per heavy atom. The van der Waals surface area contributed by atoms with E-state index in [0.717, 1.165) is 12.1 Å². The van der Waals surface area contributed by atoms with Gasteiger partial charge in [0.1, 0.15) is 0 Å². The third-order valence-electron chi connectivity index (χ3n) is 2.52. The fraction of sp³-hybridized carbons (Fsp3) is 0.417. The van der Waals surface area contributed by atoms with Gasteiger partial charge < -0.3 is 11.1 Å². The number of rotatable bonds is 5. The van der Waals surface area contributed by atoms with Gasteiger partial charge in [0.25, 0.3) is 0 Å². The molecule has 0 radical (unpaired) electrons. The van der Waals surface area contributed by atoms with Crippen LogP contribution in [0, 0.1) is 0 Å². The molecule has 18 heavy (non-hydrogen) atoms. The first-order valence-electron chi connectivity index (χ1n) is 5.55. The van der Waals surface area contributed by atoms with Crippen molar-refractivity contribution in [3.05, 3.63) is 29.8 Å². The van der Waals surface area contributed by atoms with Crippen LogP contribution in [-0.4, -0.2) is 11.9 Å². The molecule has 1 aromatic carbocycles. The van der Waals surface area contributed by atoms with Crippen molar-refractivity contribution in [1.82, 2.24) is 0 Å². The number of halogens is 3. The second kappa shape index (κ2) is 5.75. The minimum Gasteiger partial charge on any atom is -0.382 e. The molecule has 0 aromatic heterocycles. The molecule has 3 N–H and O–H groups in total. The number of hydrogen-bond acceptors (Lipinski definition) is 2. The summed E-state index contributed by atoms with van der Waals surface area (Å²) in [5, 5.41) is 2.97. The fourth-order valence-electron chi connectivity index (χ4n) is 1.53. The maximum atomic E-state index is 12.3. The van der Waals surface area contributed by atoms with Gasteiger partial charge >= 0.3 is 6.18 Å². The highest BCUT2D eigenvalue weighted by molar-refractivity contribution is 5.75. The maximum Gasteiger partial charge on any atom is 0.416 e. The molecule has 6 heteroatoms. The van der Waals surface area contributed by atoms with Crippen molar-refractivity contribution in [3.63, 3.8) is 0 Å². The number of anilines is 1. The summed E-state index contributed by atoms with van der Waals surface area (Å²) in [6, 6.07) is 4.51. The van der Waals surface area contributed by atoms with Crippen LogP contribution in [0.4, 0.5) is 18.9 Å². The lowest BCUT2D eigenvalue weighted by Gasteiger charge is -2.17. The Labute approximate surface area is 103 Å². The number of carbonyl (C=O) groups excluding carboxylic acids is 1. The SMILES string of the molecule is CCC(CC(N)=O)Nc1ccc(C(F)(F)F)cc1. The predicted molar refractivity (Wildman–Crippen MR) is 63.0 cm³/mol. The van der Waals surface area contributed by atoms with Gasteiger partial charge in [-0.2, -0.15) is 13.2 Å². The first-order valence-corrected chi connectivity index (χ1v) is 5.55. The zero-order valence-corrected chi connectivity index (χ0v) is 9.92. The van der Waals surface area contributed by atoms with Crippen LogP contribution in [0.2, 0.25) is 0 Å². The van der Waals surface area contributed by atoms with Crippen LogP contribution in [0.1, 0.15) is 25.3 Å². The normalized spacial score (nSPS) is 13.1. The molecule has 1 aromatic rings. The topological polar surface area (TPSA) is 55.1 Å². The molecular weight excluding hydrogens is 245 g/mol. The quantitative estimate of drug-likeness (QED) is 0.855. The number of nitrogens with two attached hydrogens (primary N) is 1. The summed E-state index contributed by atoms with van der Waals surface area (Å²) in [5.74, 6) is -0.443. The molecule has 1 unspecified atom stereocenters. The standard InChI is InChI=1S/C12H15F3N2O/c1-2-9(7-11(16)18)17-10-5-3-8(4-6-10)12(13,14)15/h3-6,9,17H,2,7H2,1H3,(H2,16,18). The van der Waals surface area contributed by atoms with Crippen LogP contribution in [-0.2, 0) is 11.0 Å². The van der Waals surface area contributed by atoms with Gasteiger partial charge in [0.2, 0.25) is 5.91 Å². The summed E-state index contributed by atoms with van der Waals surface area (Å²) in [7, 11) is 0. The van der Waals surface area contributed by atoms with Crippen molar-refractivity contribution in [1.29, 1.82) is 0 Å². The number of hydrogen-bond donors (Lipinski definition) is 2. The number of benzene rings is 1. The van der Waals surface area contributed by atoms with E-state index in [1.807, 2.05) is 6.92 Å². The van der Waals surface area contributed by atoms with E-state index < -0.39 is 17.6 Å². The zero-order valence-electron chi connectivity index (χ0n) is 9.92. The van der Waals surface area contributed by atoms with Crippen LogP contribution in [0.25, 0.3) is 0 Å². The molecule has 0 aliphatic carbocycles. The smallest absolute Gasteiger partial charge is 0.382 e. The first kappa shape index (κ1) is 14.3. The van der Waals surface area contributed by atoms with E-state index in [-0.39, 0.29) is 12.5 Å². The summed E-state index contributed by atoms with van der Waals surface area (Å²) in [5.41, 5.74) is 4.92. The van der Waals surface area contributed by atoms with Gasteiger partial charge in [-0.3, -0.25) is 4.79 Å². The minimum atomic E-state index is -4.34. The second-order valence-corrected chi connectivity index (χ2v) is 4.00. The Hall–Kier alpha value is -1.72. The third kappa shape index (κ3) is 4.27. The van der Waals surface area contributed by atoms with Gasteiger partial charge in [-0.05, 0) is 30.7 Å². The van der Waals surface area contributed by atoms with E-state index >= 15 is 0 Å². The van der Waals surface area contributed by atoms with Crippen LogP contribution in [0.3, 0.4) is 0 Å². The molecule has 0 aliphatic heterocycles. The summed E-state index contributed by atoms with van der Waals surface area (Å²) >= 11 is 0. The molecule has 1 amide bonds. The molecule has 1 rings (SSSR count). The molecule has 100 valence electrons. The number of primary amides is 1. The Morgan fingerprint density at radius 3 is 2.28 bits per heavy atom. The molecule has 0 fully saturated rings. The summed E-state index contributed by atoms with van der Waals surface area (Å²) in [4.78, 5) is 10.8. The number of carbonyl (C=O) groups is 1. The van der Waals surface area contributed by atoms with E-state index in [0.29, 0.717) is 12.1 Å². The van der Waals surface area contributed by atoms with E-state index in [9.17, 15) is 18.0 Å². The van der Waals surface area contributed by atoms with Crippen molar-refractivity contribution in [2.24, 2.45) is 5.73 Å². The van der Waals surface area contributed by atoms with Gasteiger partial charge in [0.15, 0.2) is 0 Å². The van der Waals surface area contributed by atoms with E-state index in [1.165, 1.54) is 12.1 Å². The average Bonchev–Trinajstić information content (AvgIpc) is 2.27. The Balaban J connectivity index is 2.71. The van der Waals surface area contributed by atoms with Gasteiger partial charge in [-0.1, -0.05) is 6.92 Å². The van der Waals surface area contributed by atoms with E-state index in [2.05, 4.69) is 5.32 Å². The Bertz CT molecular complexity index is 401. The molecule has 3 nitrogen and oxygen atoms in total. The molecule has 1 atom stereocenters. The molecule has 0 heterocycles. The van der Waals surface area contributed by atoms with Gasteiger partial charge in [0.05, 0.1) is 5.56 Å². The van der Waals surface area contributed by atoms with Gasteiger partial charge in [-0.15, -0.1) is 0 Å². The zero-order chi connectivity index (χ0) is 13.8. The number of nitrogens with one attached hydrogen (secondary N) is 1. The van der Waals surface area contributed by atoms with E-state index in [4.69, 9.17) is 5.73 Å². The second-order valence-electron chi connectivity index (χ2n) is 4.00. The predicted octanol–water partition coefficient (Wildman–Crippen LogP) is 2.77. The third-order valence-corrected chi connectivity index (χ3v) is 2.52. The average molecular weight is 260 g/mol. The van der Waals surface area contributed by atoms with Crippen molar-refractivity contribution in [3.8, 4) is 0 Å². The summed E-state index contributed by atoms with van der Waals surface area (Å²) < 4.78 is 37.0. The summed E-state index contributed by atoms with van der Waals surface area (Å²) in [6.45, 7) is 1.87. The largest absolute Gasteiger partial charge is 0.416 e. The lowest BCUT2D eigenvalue weighted by molar-refractivity contribution is -0.137. The van der Waals surface area contributed by atoms with E-state index in [1.54, 1.807) is 0 Å². The lowest BCUT2D eigenvalue weighted by atomic mass is 10.1. The molecule has 0 saturated heterocycles. The van der Waals surface area contributed by atoms with Gasteiger partial charge in [0, 0.05) is 18.2 Å². The van der Waals surface area contributed by atoms with Gasteiger partial charge in [-0.25, -0.2) is 0 Å². The number of alkyl halides is 3. The van der Waals surface area contributed by atoms with Crippen LogP contribution >= 0.6 is 0 Å². The lowest BCUT2D eigenvalue weighted by Crippen LogP contribution is -2.26. The van der Waals surface area contributed by atoms with Crippen molar-refractivity contribution in [2.45, 2.75) is 32.0 Å². The van der Waals surface area contributed by atoms with Crippen LogP contribution < -0.4 is 11.1 Å². The van der Waals surface area contributed by atoms with Crippen molar-refractivity contribution < 1.29 is 18.0 Å². The first-order chi connectivity index (χ1) is 8.32. The minimum absolute atomic E-state index is 0.150. The monoisotopic (exact) mass is 260 g/mol. The fourth-order valence-corrected chi connectivity index (χ4v) is 1.53. The Kier molecular flexibility index (Phi) is 4.58. The summed E-state index contributed by atoms with van der Waals surface area (Å²) in [6.07, 6.45) is -3.53. The van der Waals surface area contributed by atoms with Crippen molar-refractivity contribution in [2.75, 3.05) is 5.32 Å².